The molecule has 0 aromatic carbocycles. The average Bonchev–Trinajstić information content (AvgIpc) is 2.06. The number of hydrogen-bond acceptors (Lipinski definition) is 2. The fourth-order valence-electron chi connectivity index (χ4n) is 2.02. The minimum atomic E-state index is 0.707. The third-order valence-corrected chi connectivity index (χ3v) is 2.68. The Labute approximate surface area is 69.5 Å². The van der Waals surface area contributed by atoms with Crippen LogP contribution in [-0.2, 0) is 0 Å². The molecule has 2 atom stereocenters. The lowest BCUT2D eigenvalue weighted by atomic mass is 9.84. The zero-order valence-corrected chi connectivity index (χ0v) is 7.47. The van der Waals surface area contributed by atoms with Gasteiger partial charge in [0, 0.05) is 6.04 Å². The predicted octanol–water partition coefficient (Wildman–Crippen LogP) is 1.11. The summed E-state index contributed by atoms with van der Waals surface area (Å²) >= 11 is 0. The van der Waals surface area contributed by atoms with Gasteiger partial charge in [-0.1, -0.05) is 19.8 Å². The van der Waals surface area contributed by atoms with E-state index in [0.717, 1.165) is 19.0 Å². The summed E-state index contributed by atoms with van der Waals surface area (Å²) in [5.41, 5.74) is 5.68. The van der Waals surface area contributed by atoms with E-state index < -0.39 is 0 Å². The normalized spacial score (nSPS) is 32.2. The molecule has 0 bridgehead atoms. The van der Waals surface area contributed by atoms with Crippen molar-refractivity contribution in [3.8, 4) is 0 Å². The van der Waals surface area contributed by atoms with Crippen LogP contribution in [0.5, 0.6) is 0 Å². The molecule has 0 heterocycles. The maximum Gasteiger partial charge on any atom is 0.0107 e. The molecular formula is C9H20N2. The van der Waals surface area contributed by atoms with Gasteiger partial charge in [0.15, 0.2) is 0 Å². The number of hydrogen-bond donors (Lipinski definition) is 2. The molecule has 3 N–H and O–H groups in total. The summed E-state index contributed by atoms with van der Waals surface area (Å²) in [7, 11) is 0. The summed E-state index contributed by atoms with van der Waals surface area (Å²) in [6.45, 7) is 4.11. The zero-order chi connectivity index (χ0) is 8.10. The topological polar surface area (TPSA) is 38.0 Å². The van der Waals surface area contributed by atoms with E-state index in [1.54, 1.807) is 0 Å². The maximum absolute atomic E-state index is 5.68. The third-order valence-electron chi connectivity index (χ3n) is 2.68. The lowest BCUT2D eigenvalue weighted by Crippen LogP contribution is -2.41. The summed E-state index contributed by atoms with van der Waals surface area (Å²) in [6, 6.07) is 0.707. The first kappa shape index (κ1) is 9.01. The predicted molar refractivity (Wildman–Crippen MR) is 48.5 cm³/mol. The van der Waals surface area contributed by atoms with Crippen molar-refractivity contribution < 1.29 is 0 Å². The first-order chi connectivity index (χ1) is 5.38. The van der Waals surface area contributed by atoms with E-state index in [0.29, 0.717) is 6.04 Å². The summed E-state index contributed by atoms with van der Waals surface area (Å²) in [6.07, 6.45) is 5.42. The fraction of sp³-hybridized carbons (Fsp3) is 1.00. The van der Waals surface area contributed by atoms with Crippen LogP contribution in [0.4, 0.5) is 0 Å². The average molecular weight is 156 g/mol. The smallest absolute Gasteiger partial charge is 0.0107 e. The van der Waals surface area contributed by atoms with E-state index in [9.17, 15) is 0 Å². The van der Waals surface area contributed by atoms with Crippen molar-refractivity contribution in [2.75, 3.05) is 13.1 Å². The Morgan fingerprint density at radius 2 is 2.09 bits per heavy atom. The van der Waals surface area contributed by atoms with Crippen molar-refractivity contribution in [2.45, 2.75) is 38.6 Å². The molecule has 0 amide bonds. The SMILES string of the molecule is CCNC1CCCCC1CN. The van der Waals surface area contributed by atoms with Crippen LogP contribution in [0.1, 0.15) is 32.6 Å². The van der Waals surface area contributed by atoms with Crippen LogP contribution in [-0.4, -0.2) is 19.1 Å². The van der Waals surface area contributed by atoms with E-state index in [-0.39, 0.29) is 0 Å². The van der Waals surface area contributed by atoms with Crippen LogP contribution in [0.25, 0.3) is 0 Å². The highest BCUT2D eigenvalue weighted by Gasteiger charge is 2.22. The first-order valence-electron chi connectivity index (χ1n) is 4.82. The van der Waals surface area contributed by atoms with Gasteiger partial charge in [0.1, 0.15) is 0 Å². The Morgan fingerprint density at radius 3 is 2.73 bits per heavy atom. The van der Waals surface area contributed by atoms with Crippen molar-refractivity contribution in [3.63, 3.8) is 0 Å². The molecule has 0 aromatic rings. The van der Waals surface area contributed by atoms with Crippen LogP contribution in [0.3, 0.4) is 0 Å². The summed E-state index contributed by atoms with van der Waals surface area (Å²) < 4.78 is 0. The van der Waals surface area contributed by atoms with Crippen LogP contribution in [0.2, 0.25) is 0 Å². The molecule has 0 aliphatic heterocycles. The van der Waals surface area contributed by atoms with Gasteiger partial charge in [-0.05, 0) is 31.8 Å². The molecule has 1 saturated carbocycles. The minimum absolute atomic E-state index is 0.707. The van der Waals surface area contributed by atoms with Crippen molar-refractivity contribution in [1.82, 2.24) is 5.32 Å². The largest absolute Gasteiger partial charge is 0.330 e. The molecule has 1 fully saturated rings. The maximum atomic E-state index is 5.68. The van der Waals surface area contributed by atoms with Gasteiger partial charge >= 0.3 is 0 Å². The fourth-order valence-corrected chi connectivity index (χ4v) is 2.02. The Balaban J connectivity index is 2.31. The third kappa shape index (κ3) is 2.46. The summed E-state index contributed by atoms with van der Waals surface area (Å²) in [5, 5.41) is 3.51. The van der Waals surface area contributed by atoms with Gasteiger partial charge in [-0.2, -0.15) is 0 Å². The molecule has 0 spiro atoms. The van der Waals surface area contributed by atoms with E-state index in [4.69, 9.17) is 5.73 Å². The highest BCUT2D eigenvalue weighted by atomic mass is 14.9. The van der Waals surface area contributed by atoms with Gasteiger partial charge in [-0.25, -0.2) is 0 Å². The van der Waals surface area contributed by atoms with E-state index in [1.807, 2.05) is 0 Å². The van der Waals surface area contributed by atoms with Crippen molar-refractivity contribution in [3.05, 3.63) is 0 Å². The second-order valence-electron chi connectivity index (χ2n) is 3.44. The quantitative estimate of drug-likeness (QED) is 0.642. The molecule has 1 aliphatic rings. The van der Waals surface area contributed by atoms with E-state index in [2.05, 4.69) is 12.2 Å². The molecule has 2 unspecified atom stereocenters. The Bertz CT molecular complexity index is 102. The molecule has 11 heavy (non-hydrogen) atoms. The highest BCUT2D eigenvalue weighted by Crippen LogP contribution is 2.23. The van der Waals surface area contributed by atoms with Crippen LogP contribution in [0.15, 0.2) is 0 Å². The van der Waals surface area contributed by atoms with Crippen molar-refractivity contribution in [1.29, 1.82) is 0 Å². The summed E-state index contributed by atoms with van der Waals surface area (Å²) in [5.74, 6) is 0.740. The standard InChI is InChI=1S/C9H20N2/c1-2-11-9-6-4-3-5-8(9)7-10/h8-9,11H,2-7,10H2,1H3. The highest BCUT2D eigenvalue weighted by molar-refractivity contribution is 4.80. The second kappa shape index (κ2) is 4.73. The van der Waals surface area contributed by atoms with Gasteiger partial charge in [0.05, 0.1) is 0 Å². The van der Waals surface area contributed by atoms with Gasteiger partial charge in [-0.3, -0.25) is 0 Å². The van der Waals surface area contributed by atoms with Gasteiger partial charge < -0.3 is 11.1 Å². The van der Waals surface area contributed by atoms with Gasteiger partial charge in [0.2, 0.25) is 0 Å². The lowest BCUT2D eigenvalue weighted by molar-refractivity contribution is 0.272. The molecule has 2 heteroatoms. The van der Waals surface area contributed by atoms with Gasteiger partial charge in [0.25, 0.3) is 0 Å². The Hall–Kier alpha value is -0.0800. The number of rotatable bonds is 3. The Morgan fingerprint density at radius 1 is 1.36 bits per heavy atom. The molecular weight excluding hydrogens is 136 g/mol. The lowest BCUT2D eigenvalue weighted by Gasteiger charge is -2.31. The number of nitrogens with two attached hydrogens (primary N) is 1. The van der Waals surface area contributed by atoms with Crippen LogP contribution >= 0.6 is 0 Å². The van der Waals surface area contributed by atoms with Crippen molar-refractivity contribution in [2.24, 2.45) is 11.7 Å². The molecule has 66 valence electrons. The van der Waals surface area contributed by atoms with Crippen molar-refractivity contribution >= 4 is 0 Å². The van der Waals surface area contributed by atoms with Gasteiger partial charge in [-0.15, -0.1) is 0 Å². The molecule has 0 aromatic heterocycles. The first-order valence-corrected chi connectivity index (χ1v) is 4.82. The zero-order valence-electron chi connectivity index (χ0n) is 7.47. The molecule has 0 saturated heterocycles. The van der Waals surface area contributed by atoms with Crippen LogP contribution in [0, 0.1) is 5.92 Å². The minimum Gasteiger partial charge on any atom is -0.330 e. The number of nitrogens with one attached hydrogen (secondary N) is 1. The second-order valence-corrected chi connectivity index (χ2v) is 3.44. The summed E-state index contributed by atoms with van der Waals surface area (Å²) in [4.78, 5) is 0. The molecule has 1 rings (SSSR count). The Kier molecular flexibility index (Phi) is 3.87. The monoisotopic (exact) mass is 156 g/mol. The van der Waals surface area contributed by atoms with Crippen LogP contribution < -0.4 is 11.1 Å². The molecule has 2 nitrogen and oxygen atoms in total. The van der Waals surface area contributed by atoms with E-state index >= 15 is 0 Å². The molecule has 0 radical (unpaired) electrons. The van der Waals surface area contributed by atoms with E-state index in [1.165, 1.54) is 25.7 Å². The molecule has 1 aliphatic carbocycles.